The second-order valence-electron chi connectivity index (χ2n) is 6.61. The molecule has 3 rings (SSSR count). The van der Waals surface area contributed by atoms with Crippen LogP contribution in [0.15, 0.2) is 48.7 Å². The van der Waals surface area contributed by atoms with E-state index in [0.29, 0.717) is 0 Å². The molecule has 0 radical (unpaired) electrons. The molecule has 0 spiro atoms. The van der Waals surface area contributed by atoms with Crippen molar-refractivity contribution in [2.45, 2.75) is 26.4 Å². The first-order valence-electron chi connectivity index (χ1n) is 8.86. The molecule has 0 bridgehead atoms. The molecule has 1 N–H and O–H groups in total. The molecule has 1 saturated heterocycles. The van der Waals surface area contributed by atoms with E-state index in [0.717, 1.165) is 38.4 Å². The predicted octanol–water partition coefficient (Wildman–Crippen LogP) is 2.98. The molecule has 2 aromatic rings. The number of pyridine rings is 1. The summed E-state index contributed by atoms with van der Waals surface area (Å²) in [6, 6.07) is 14.2. The molecule has 1 unspecified atom stereocenters. The van der Waals surface area contributed by atoms with Crippen LogP contribution in [0, 0.1) is 6.92 Å². The van der Waals surface area contributed by atoms with Crippen LogP contribution in [-0.2, 0) is 6.54 Å². The minimum atomic E-state index is 0.0141. The number of urea groups is 1. The highest BCUT2D eigenvalue weighted by Gasteiger charge is 2.22. The molecule has 1 aliphatic heterocycles. The zero-order valence-corrected chi connectivity index (χ0v) is 15.0. The third-order valence-corrected chi connectivity index (χ3v) is 4.77. The molecule has 1 aromatic heterocycles. The lowest BCUT2D eigenvalue weighted by atomic mass is 10.0. The van der Waals surface area contributed by atoms with Gasteiger partial charge in [-0.2, -0.15) is 0 Å². The van der Waals surface area contributed by atoms with E-state index in [1.807, 2.05) is 48.4 Å². The maximum atomic E-state index is 12.5. The van der Waals surface area contributed by atoms with Crippen LogP contribution in [0.5, 0.6) is 0 Å². The number of nitrogens with one attached hydrogen (secondary N) is 1. The average molecular weight is 338 g/mol. The topological polar surface area (TPSA) is 48.5 Å². The van der Waals surface area contributed by atoms with Gasteiger partial charge in [-0.15, -0.1) is 0 Å². The van der Waals surface area contributed by atoms with Gasteiger partial charge in [0.25, 0.3) is 0 Å². The van der Waals surface area contributed by atoms with Crippen LogP contribution in [-0.4, -0.2) is 47.0 Å². The lowest BCUT2D eigenvalue weighted by Crippen LogP contribution is -2.51. The fraction of sp³-hybridized carbons (Fsp3) is 0.400. The molecule has 5 heteroatoms. The molecule has 25 heavy (non-hydrogen) atoms. The zero-order chi connectivity index (χ0) is 17.6. The first kappa shape index (κ1) is 17.4. The Labute approximate surface area is 149 Å². The standard InChI is InChI=1S/C20H26N4O/c1-16-7-3-4-9-19(16)17(2)22-20(25)24-13-11-23(12-14-24)15-18-8-5-6-10-21-18/h3-10,17H,11-15H2,1-2H3,(H,22,25). The van der Waals surface area contributed by atoms with E-state index in [1.165, 1.54) is 11.1 Å². The second-order valence-corrected chi connectivity index (χ2v) is 6.61. The Kier molecular flexibility index (Phi) is 5.66. The summed E-state index contributed by atoms with van der Waals surface area (Å²) in [6.45, 7) is 8.21. The number of hydrogen-bond donors (Lipinski definition) is 1. The number of nitrogens with zero attached hydrogens (tertiary/aromatic N) is 3. The van der Waals surface area contributed by atoms with Crippen LogP contribution in [0.2, 0.25) is 0 Å². The lowest BCUT2D eigenvalue weighted by Gasteiger charge is -2.35. The van der Waals surface area contributed by atoms with Crippen molar-refractivity contribution < 1.29 is 4.79 Å². The Morgan fingerprint density at radius 2 is 1.84 bits per heavy atom. The number of aryl methyl sites for hydroxylation is 1. The molecule has 1 atom stereocenters. The summed E-state index contributed by atoms with van der Waals surface area (Å²) in [4.78, 5) is 21.2. The van der Waals surface area contributed by atoms with Gasteiger partial charge in [0.05, 0.1) is 11.7 Å². The van der Waals surface area contributed by atoms with Crippen molar-refractivity contribution in [1.29, 1.82) is 0 Å². The zero-order valence-electron chi connectivity index (χ0n) is 15.0. The molecule has 5 nitrogen and oxygen atoms in total. The predicted molar refractivity (Wildman–Crippen MR) is 99.2 cm³/mol. The van der Waals surface area contributed by atoms with Gasteiger partial charge in [-0.25, -0.2) is 4.79 Å². The summed E-state index contributed by atoms with van der Waals surface area (Å²) in [6.07, 6.45) is 1.83. The van der Waals surface area contributed by atoms with Gasteiger partial charge in [0, 0.05) is 38.9 Å². The van der Waals surface area contributed by atoms with E-state index < -0.39 is 0 Å². The SMILES string of the molecule is Cc1ccccc1C(C)NC(=O)N1CCN(Cc2ccccn2)CC1. The number of benzene rings is 1. The molecule has 132 valence electrons. The number of amides is 2. The van der Waals surface area contributed by atoms with E-state index in [1.54, 1.807) is 0 Å². The summed E-state index contributed by atoms with van der Waals surface area (Å²) < 4.78 is 0. The van der Waals surface area contributed by atoms with Gasteiger partial charge in [0.1, 0.15) is 0 Å². The summed E-state index contributed by atoms with van der Waals surface area (Å²) in [5.41, 5.74) is 3.45. The molecule has 0 saturated carbocycles. The van der Waals surface area contributed by atoms with Gasteiger partial charge in [-0.3, -0.25) is 9.88 Å². The van der Waals surface area contributed by atoms with Crippen molar-refractivity contribution in [3.8, 4) is 0 Å². The van der Waals surface area contributed by atoms with Crippen LogP contribution in [0.1, 0.15) is 29.8 Å². The highest BCUT2D eigenvalue weighted by Crippen LogP contribution is 2.17. The van der Waals surface area contributed by atoms with Gasteiger partial charge in [0.2, 0.25) is 0 Å². The Morgan fingerprint density at radius 3 is 2.52 bits per heavy atom. The molecular weight excluding hydrogens is 312 g/mol. The van der Waals surface area contributed by atoms with Crippen molar-refractivity contribution in [2.24, 2.45) is 0 Å². The number of carbonyl (C=O) groups excluding carboxylic acids is 1. The van der Waals surface area contributed by atoms with Crippen LogP contribution < -0.4 is 5.32 Å². The van der Waals surface area contributed by atoms with Crippen molar-refractivity contribution in [3.63, 3.8) is 0 Å². The summed E-state index contributed by atoms with van der Waals surface area (Å²) >= 11 is 0. The highest BCUT2D eigenvalue weighted by atomic mass is 16.2. The second kappa shape index (κ2) is 8.12. The van der Waals surface area contributed by atoms with E-state index in [4.69, 9.17) is 0 Å². The maximum Gasteiger partial charge on any atom is 0.317 e. The Hall–Kier alpha value is -2.40. The van der Waals surface area contributed by atoms with E-state index in [-0.39, 0.29) is 12.1 Å². The number of carbonyl (C=O) groups is 1. The number of hydrogen-bond acceptors (Lipinski definition) is 3. The maximum absolute atomic E-state index is 12.5. The average Bonchev–Trinajstić information content (AvgIpc) is 2.63. The first-order chi connectivity index (χ1) is 12.1. The third kappa shape index (κ3) is 4.57. The van der Waals surface area contributed by atoms with Gasteiger partial charge in [-0.05, 0) is 37.1 Å². The minimum absolute atomic E-state index is 0.0141. The first-order valence-corrected chi connectivity index (χ1v) is 8.86. The largest absolute Gasteiger partial charge is 0.331 e. The number of aromatic nitrogens is 1. The molecule has 1 aliphatic rings. The summed E-state index contributed by atoms with van der Waals surface area (Å²) in [5, 5.41) is 3.13. The van der Waals surface area contributed by atoms with Crippen molar-refractivity contribution >= 4 is 6.03 Å². The fourth-order valence-electron chi connectivity index (χ4n) is 3.26. The third-order valence-electron chi connectivity index (χ3n) is 4.77. The Morgan fingerprint density at radius 1 is 1.12 bits per heavy atom. The smallest absolute Gasteiger partial charge is 0.317 e. The Balaban J connectivity index is 1.49. The number of rotatable bonds is 4. The van der Waals surface area contributed by atoms with Crippen LogP contribution in [0.3, 0.4) is 0 Å². The van der Waals surface area contributed by atoms with Gasteiger partial charge < -0.3 is 10.2 Å². The summed E-state index contributed by atoms with van der Waals surface area (Å²) in [5.74, 6) is 0. The van der Waals surface area contributed by atoms with E-state index in [9.17, 15) is 4.79 Å². The van der Waals surface area contributed by atoms with Crippen molar-refractivity contribution in [3.05, 3.63) is 65.5 Å². The van der Waals surface area contributed by atoms with Crippen LogP contribution in [0.4, 0.5) is 4.79 Å². The van der Waals surface area contributed by atoms with Crippen molar-refractivity contribution in [2.75, 3.05) is 26.2 Å². The molecule has 1 aromatic carbocycles. The van der Waals surface area contributed by atoms with Crippen molar-refractivity contribution in [1.82, 2.24) is 20.1 Å². The molecule has 2 heterocycles. The van der Waals surface area contributed by atoms with Gasteiger partial charge in [-0.1, -0.05) is 30.3 Å². The molecule has 0 aliphatic carbocycles. The van der Waals surface area contributed by atoms with E-state index in [2.05, 4.69) is 34.3 Å². The Bertz CT molecular complexity index is 696. The minimum Gasteiger partial charge on any atom is -0.331 e. The monoisotopic (exact) mass is 338 g/mol. The van der Waals surface area contributed by atoms with E-state index >= 15 is 0 Å². The normalized spacial score (nSPS) is 16.5. The van der Waals surface area contributed by atoms with Crippen LogP contribution >= 0.6 is 0 Å². The molecule has 1 fully saturated rings. The fourth-order valence-corrected chi connectivity index (χ4v) is 3.26. The lowest BCUT2D eigenvalue weighted by molar-refractivity contribution is 0.133. The van der Waals surface area contributed by atoms with Gasteiger partial charge >= 0.3 is 6.03 Å². The quantitative estimate of drug-likeness (QED) is 0.932. The summed E-state index contributed by atoms with van der Waals surface area (Å²) in [7, 11) is 0. The van der Waals surface area contributed by atoms with Gasteiger partial charge in [0.15, 0.2) is 0 Å². The molecular formula is C20H26N4O. The highest BCUT2D eigenvalue weighted by molar-refractivity contribution is 5.74. The van der Waals surface area contributed by atoms with Crippen LogP contribution in [0.25, 0.3) is 0 Å². The molecule has 2 amide bonds. The number of piperazine rings is 1.